The molecule has 0 bridgehead atoms. The number of halogens is 2. The topological polar surface area (TPSA) is 55.8 Å². The molecule has 1 saturated heterocycles. The van der Waals surface area contributed by atoms with Crippen LogP contribution in [0.1, 0.15) is 27.2 Å². The number of hydrogen-bond donors (Lipinski definition) is 0. The maximum atomic E-state index is 15.2. The predicted octanol–water partition coefficient (Wildman–Crippen LogP) is 7.08. The Hall–Kier alpha value is -3.54. The van der Waals surface area contributed by atoms with Crippen LogP contribution in [0.4, 0.5) is 14.9 Å². The first-order valence-corrected chi connectivity index (χ1v) is 17.8. The summed E-state index contributed by atoms with van der Waals surface area (Å²) in [5.74, 6) is -1.12. The second kappa shape index (κ2) is 11.0. The van der Waals surface area contributed by atoms with Gasteiger partial charge >= 0.3 is 249 Å². The molecular formula is C33H32BrFNO4P. The van der Waals surface area contributed by atoms with Crippen molar-refractivity contribution in [2.24, 2.45) is 0 Å². The van der Waals surface area contributed by atoms with Gasteiger partial charge in [0.1, 0.15) is 0 Å². The second-order valence-electron chi connectivity index (χ2n) is 11.1. The molecule has 1 atom stereocenters. The molecule has 1 aliphatic heterocycles. The molecule has 4 aromatic carbocycles. The van der Waals surface area contributed by atoms with Gasteiger partial charge in [0.2, 0.25) is 0 Å². The zero-order valence-corrected chi connectivity index (χ0v) is 25.6. The first kappa shape index (κ1) is 29.0. The van der Waals surface area contributed by atoms with Crippen molar-refractivity contribution in [2.75, 3.05) is 11.4 Å². The fourth-order valence-electron chi connectivity index (χ4n) is 5.62. The van der Waals surface area contributed by atoms with Gasteiger partial charge < -0.3 is 0 Å². The third-order valence-corrected chi connectivity index (χ3v) is 18.1. The molecule has 4 aromatic rings. The molecule has 0 saturated carbocycles. The monoisotopic (exact) mass is 635 g/mol. The summed E-state index contributed by atoms with van der Waals surface area (Å²) in [6.07, 6.45) is -0.440. The minimum absolute atomic E-state index is 0.101. The van der Waals surface area contributed by atoms with Crippen molar-refractivity contribution in [3.63, 3.8) is 0 Å². The number of rotatable bonds is 6. The van der Waals surface area contributed by atoms with E-state index in [9.17, 15) is 9.59 Å². The molecular weight excluding hydrogens is 604 g/mol. The van der Waals surface area contributed by atoms with Crippen molar-refractivity contribution in [3.05, 3.63) is 115 Å². The van der Waals surface area contributed by atoms with Crippen molar-refractivity contribution in [2.45, 2.75) is 38.5 Å². The number of benzene rings is 4. The van der Waals surface area contributed by atoms with E-state index in [1.807, 2.05) is 54.6 Å². The van der Waals surface area contributed by atoms with Crippen molar-refractivity contribution < 1.29 is 23.5 Å². The first-order valence-electron chi connectivity index (χ1n) is 13.4. The van der Waals surface area contributed by atoms with Crippen LogP contribution in [0.15, 0.2) is 109 Å². The van der Waals surface area contributed by atoms with Crippen LogP contribution in [0.25, 0.3) is 0 Å². The fourth-order valence-corrected chi connectivity index (χ4v) is 14.3. The number of nitrogens with zero attached hydrogens (tertiary/aromatic N) is 1. The molecule has 0 spiro atoms. The van der Waals surface area contributed by atoms with Gasteiger partial charge in [0.05, 0.1) is 0 Å². The molecule has 1 aliphatic rings. The van der Waals surface area contributed by atoms with Gasteiger partial charge in [0.15, 0.2) is 0 Å². The molecule has 5 nitrogen and oxygen atoms in total. The quantitative estimate of drug-likeness (QED) is 0.129. The number of anilines is 1. The minimum atomic E-state index is -3.59. The number of ether oxygens (including phenoxy) is 2. The molecule has 5 rings (SSSR count). The molecule has 0 radical (unpaired) electrons. The average molecular weight is 636 g/mol. The third kappa shape index (κ3) is 5.18. The van der Waals surface area contributed by atoms with Crippen LogP contribution in [-0.4, -0.2) is 29.9 Å². The van der Waals surface area contributed by atoms with Gasteiger partial charge in [-0.1, -0.05) is 0 Å². The number of carbonyl (C=O) groups excluding carboxylic acids is 2. The van der Waals surface area contributed by atoms with Crippen LogP contribution in [0.2, 0.25) is 0 Å². The molecule has 0 aromatic heterocycles. The van der Waals surface area contributed by atoms with Gasteiger partial charge in [-0.3, -0.25) is 0 Å². The van der Waals surface area contributed by atoms with Crippen LogP contribution in [0.3, 0.4) is 0 Å². The summed E-state index contributed by atoms with van der Waals surface area (Å²) in [4.78, 5) is 28.2. The van der Waals surface area contributed by atoms with Crippen molar-refractivity contribution >= 4 is 54.5 Å². The molecule has 41 heavy (non-hydrogen) atoms. The Labute approximate surface area is 248 Å². The van der Waals surface area contributed by atoms with Crippen LogP contribution in [0.5, 0.6) is 5.75 Å². The maximum absolute atomic E-state index is 15.2. The second-order valence-corrected chi connectivity index (χ2v) is 19.8. The van der Waals surface area contributed by atoms with Crippen molar-refractivity contribution in [3.8, 4) is 5.75 Å². The van der Waals surface area contributed by atoms with E-state index in [2.05, 4.69) is 51.9 Å². The van der Waals surface area contributed by atoms with Gasteiger partial charge in [-0.2, -0.15) is 0 Å². The van der Waals surface area contributed by atoms with Crippen LogP contribution in [0, 0.1) is 5.82 Å². The zero-order chi connectivity index (χ0) is 29.3. The number of amides is 1. The van der Waals surface area contributed by atoms with Crippen LogP contribution < -0.4 is 25.6 Å². The summed E-state index contributed by atoms with van der Waals surface area (Å²) in [6, 6.07) is 34.6. The van der Waals surface area contributed by atoms with E-state index in [1.165, 1.54) is 12.1 Å². The van der Waals surface area contributed by atoms with Crippen LogP contribution in [-0.2, 0) is 9.53 Å². The Bertz CT molecular complexity index is 1460. The SMILES string of the molecule is CC(C)(C)OC(=O)Oc1ccc(N2CCC(P(Br)(c3ccccc3)(c3ccccc3)c3ccccc3)C2=O)cc1F. The van der Waals surface area contributed by atoms with E-state index >= 15 is 4.39 Å². The first-order chi connectivity index (χ1) is 19.5. The van der Waals surface area contributed by atoms with Gasteiger partial charge in [0.25, 0.3) is 0 Å². The van der Waals surface area contributed by atoms with Gasteiger partial charge in [-0.25, -0.2) is 0 Å². The molecule has 0 N–H and O–H groups in total. The van der Waals surface area contributed by atoms with Crippen LogP contribution >= 0.6 is 20.8 Å². The summed E-state index contributed by atoms with van der Waals surface area (Å²) >= 11 is 4.40. The predicted molar refractivity (Wildman–Crippen MR) is 168 cm³/mol. The van der Waals surface area contributed by atoms with E-state index in [0.717, 1.165) is 15.9 Å². The average Bonchev–Trinajstić information content (AvgIpc) is 3.36. The molecule has 1 unspecified atom stereocenters. The van der Waals surface area contributed by atoms with Crippen molar-refractivity contribution in [1.29, 1.82) is 0 Å². The fraction of sp³-hybridized carbons (Fsp3) is 0.212. The van der Waals surface area contributed by atoms with E-state index in [-0.39, 0.29) is 11.7 Å². The normalized spacial score (nSPS) is 16.6. The Balaban J connectivity index is 1.58. The van der Waals surface area contributed by atoms with E-state index in [0.29, 0.717) is 18.7 Å². The molecule has 0 aliphatic carbocycles. The van der Waals surface area contributed by atoms with Gasteiger partial charge in [-0.15, -0.1) is 0 Å². The molecule has 1 amide bonds. The van der Waals surface area contributed by atoms with E-state index in [4.69, 9.17) is 9.47 Å². The Kier molecular flexibility index (Phi) is 7.80. The Morgan fingerprint density at radius 2 is 1.34 bits per heavy atom. The third-order valence-electron chi connectivity index (χ3n) is 7.36. The van der Waals surface area contributed by atoms with Crippen molar-refractivity contribution in [1.82, 2.24) is 0 Å². The Morgan fingerprint density at radius 3 is 1.78 bits per heavy atom. The van der Waals surface area contributed by atoms with Gasteiger partial charge in [0, 0.05) is 0 Å². The number of carbonyl (C=O) groups is 2. The summed E-state index contributed by atoms with van der Waals surface area (Å²) < 4.78 is 25.4. The molecule has 212 valence electrons. The molecule has 8 heteroatoms. The standard InChI is InChI=1S/C33H32BrFNO4P/c1-33(2,3)40-32(38)39-29-20-19-24(23-28(29)35)36-22-21-30(31(36)37)41(34,25-13-7-4-8-14-25,26-15-9-5-10-16-26)27-17-11-6-12-18-27/h4-20,23,30H,21-22H2,1-3H3. The summed E-state index contributed by atoms with van der Waals surface area (Å²) in [5.41, 5.74) is -0.824. The van der Waals surface area contributed by atoms with E-state index in [1.54, 1.807) is 31.7 Å². The molecule has 1 fully saturated rings. The summed E-state index contributed by atoms with van der Waals surface area (Å²) in [7, 11) is 0. The van der Waals surface area contributed by atoms with E-state index < -0.39 is 28.5 Å². The Morgan fingerprint density at radius 1 is 0.854 bits per heavy atom. The summed E-state index contributed by atoms with van der Waals surface area (Å²) in [6.45, 7) is 5.50. The number of hydrogen-bond acceptors (Lipinski definition) is 4. The summed E-state index contributed by atoms with van der Waals surface area (Å²) in [5, 5.41) is -0.451. The molecule has 1 heterocycles. The van der Waals surface area contributed by atoms with Gasteiger partial charge in [-0.05, 0) is 0 Å². The zero-order valence-electron chi connectivity index (χ0n) is 23.2.